The standard InChI is InChI=1S/C13H15NO/c1-13(14)9-7-12(8-10-13)15-11-5-3-2-4-6-11/h2-9H,10,14H2,1H3/t13-/m1/s1. The molecule has 2 nitrogen and oxygen atoms in total. The normalized spacial score (nSPS) is 24.8. The molecule has 1 aromatic rings. The minimum absolute atomic E-state index is 0.233. The summed E-state index contributed by atoms with van der Waals surface area (Å²) in [5.41, 5.74) is 5.71. The molecule has 2 rings (SSSR count). The summed E-state index contributed by atoms with van der Waals surface area (Å²) in [6.45, 7) is 2.00. The molecule has 0 bridgehead atoms. The van der Waals surface area contributed by atoms with Crippen LogP contribution >= 0.6 is 0 Å². The zero-order chi connectivity index (χ0) is 10.7. The van der Waals surface area contributed by atoms with E-state index in [0.717, 1.165) is 17.9 Å². The van der Waals surface area contributed by atoms with Crippen LogP contribution in [0.2, 0.25) is 0 Å². The molecule has 0 saturated carbocycles. The Balaban J connectivity index is 2.04. The molecule has 0 heterocycles. The Hall–Kier alpha value is -1.54. The molecule has 2 N–H and O–H groups in total. The number of allylic oxidation sites excluding steroid dienone is 1. The van der Waals surface area contributed by atoms with Crippen LogP contribution in [0, 0.1) is 0 Å². The minimum atomic E-state index is -0.233. The number of nitrogens with two attached hydrogens (primary N) is 1. The van der Waals surface area contributed by atoms with Crippen molar-refractivity contribution in [3.05, 3.63) is 54.3 Å². The van der Waals surface area contributed by atoms with Gasteiger partial charge in [0.25, 0.3) is 0 Å². The van der Waals surface area contributed by atoms with E-state index in [0.29, 0.717) is 0 Å². The van der Waals surface area contributed by atoms with Crippen molar-refractivity contribution in [1.82, 2.24) is 0 Å². The van der Waals surface area contributed by atoms with Gasteiger partial charge in [-0.3, -0.25) is 0 Å². The molecule has 78 valence electrons. The smallest absolute Gasteiger partial charge is 0.127 e. The van der Waals surface area contributed by atoms with Gasteiger partial charge in [0.2, 0.25) is 0 Å². The highest BCUT2D eigenvalue weighted by Crippen LogP contribution is 2.21. The third-order valence-electron chi connectivity index (χ3n) is 2.35. The van der Waals surface area contributed by atoms with Crippen LogP contribution in [0.4, 0.5) is 0 Å². The van der Waals surface area contributed by atoms with Gasteiger partial charge in [-0.1, -0.05) is 24.3 Å². The lowest BCUT2D eigenvalue weighted by atomic mass is 9.94. The van der Waals surface area contributed by atoms with Gasteiger partial charge in [-0.25, -0.2) is 0 Å². The van der Waals surface area contributed by atoms with Gasteiger partial charge in [-0.15, -0.1) is 0 Å². The summed E-state index contributed by atoms with van der Waals surface area (Å²) < 4.78 is 5.67. The molecule has 0 aromatic heterocycles. The highest BCUT2D eigenvalue weighted by Gasteiger charge is 2.16. The summed E-state index contributed by atoms with van der Waals surface area (Å²) in [4.78, 5) is 0. The van der Waals surface area contributed by atoms with Crippen LogP contribution in [0.1, 0.15) is 13.3 Å². The molecule has 1 atom stereocenters. The van der Waals surface area contributed by atoms with E-state index >= 15 is 0 Å². The van der Waals surface area contributed by atoms with E-state index in [1.54, 1.807) is 0 Å². The first-order chi connectivity index (χ1) is 7.16. The van der Waals surface area contributed by atoms with Gasteiger partial charge in [-0.05, 0) is 37.6 Å². The maximum atomic E-state index is 5.95. The first-order valence-corrected chi connectivity index (χ1v) is 5.07. The highest BCUT2D eigenvalue weighted by molar-refractivity contribution is 5.30. The van der Waals surface area contributed by atoms with Crippen molar-refractivity contribution in [3.8, 4) is 5.75 Å². The molecule has 15 heavy (non-hydrogen) atoms. The van der Waals surface area contributed by atoms with Crippen molar-refractivity contribution < 1.29 is 4.74 Å². The van der Waals surface area contributed by atoms with Gasteiger partial charge in [0, 0.05) is 5.54 Å². The minimum Gasteiger partial charge on any atom is -0.458 e. The van der Waals surface area contributed by atoms with Crippen LogP contribution in [-0.2, 0) is 0 Å². The zero-order valence-corrected chi connectivity index (χ0v) is 8.81. The molecule has 0 radical (unpaired) electrons. The van der Waals surface area contributed by atoms with Gasteiger partial charge >= 0.3 is 0 Å². The SMILES string of the molecule is C[C@@]1(N)C=CC(Oc2ccccc2)=CC1. The predicted octanol–water partition coefficient (Wildman–Crippen LogP) is 2.63. The average Bonchev–Trinajstić information content (AvgIpc) is 2.23. The Bertz CT molecular complexity index is 390. The number of para-hydroxylation sites is 1. The number of ether oxygens (including phenoxy) is 1. The van der Waals surface area contributed by atoms with Crippen LogP contribution in [0.15, 0.2) is 54.3 Å². The second-order valence-electron chi connectivity index (χ2n) is 4.06. The van der Waals surface area contributed by atoms with Crippen molar-refractivity contribution in [2.75, 3.05) is 0 Å². The van der Waals surface area contributed by atoms with Gasteiger partial charge in [-0.2, -0.15) is 0 Å². The Morgan fingerprint density at radius 2 is 2.00 bits per heavy atom. The average molecular weight is 201 g/mol. The van der Waals surface area contributed by atoms with Crippen LogP contribution < -0.4 is 10.5 Å². The first-order valence-electron chi connectivity index (χ1n) is 5.07. The van der Waals surface area contributed by atoms with Crippen molar-refractivity contribution in [2.24, 2.45) is 5.73 Å². The molecule has 0 amide bonds. The third-order valence-corrected chi connectivity index (χ3v) is 2.35. The van der Waals surface area contributed by atoms with Gasteiger partial charge in [0.1, 0.15) is 11.5 Å². The van der Waals surface area contributed by atoms with Crippen molar-refractivity contribution in [3.63, 3.8) is 0 Å². The molecule has 1 aromatic carbocycles. The van der Waals surface area contributed by atoms with E-state index in [2.05, 4.69) is 0 Å². The lowest BCUT2D eigenvalue weighted by Crippen LogP contribution is -2.34. The number of hydrogen-bond acceptors (Lipinski definition) is 2. The van der Waals surface area contributed by atoms with E-state index in [1.165, 1.54) is 0 Å². The summed E-state index contributed by atoms with van der Waals surface area (Å²) >= 11 is 0. The zero-order valence-electron chi connectivity index (χ0n) is 8.81. The van der Waals surface area contributed by atoms with Crippen molar-refractivity contribution >= 4 is 0 Å². The highest BCUT2D eigenvalue weighted by atomic mass is 16.5. The Morgan fingerprint density at radius 3 is 2.60 bits per heavy atom. The Kier molecular flexibility index (Phi) is 2.60. The lowest BCUT2D eigenvalue weighted by Gasteiger charge is -2.22. The maximum absolute atomic E-state index is 5.95. The summed E-state index contributed by atoms with van der Waals surface area (Å²) in [5, 5.41) is 0. The Labute approximate surface area is 90.1 Å². The van der Waals surface area contributed by atoms with Crippen molar-refractivity contribution in [1.29, 1.82) is 0 Å². The number of hydrogen-bond donors (Lipinski definition) is 1. The fourth-order valence-corrected chi connectivity index (χ4v) is 1.43. The second kappa shape index (κ2) is 3.91. The van der Waals surface area contributed by atoms with Gasteiger partial charge in [0.15, 0.2) is 0 Å². The van der Waals surface area contributed by atoms with Gasteiger partial charge in [0.05, 0.1) is 0 Å². The lowest BCUT2D eigenvalue weighted by molar-refractivity contribution is 0.429. The van der Waals surface area contributed by atoms with E-state index in [1.807, 2.05) is 55.5 Å². The number of rotatable bonds is 2. The monoisotopic (exact) mass is 201 g/mol. The fourth-order valence-electron chi connectivity index (χ4n) is 1.43. The fraction of sp³-hybridized carbons (Fsp3) is 0.231. The summed E-state index contributed by atoms with van der Waals surface area (Å²) in [6.07, 6.45) is 6.74. The number of benzene rings is 1. The molecule has 2 heteroatoms. The first kappa shape index (κ1) is 9.99. The third kappa shape index (κ3) is 2.70. The molecule has 0 aliphatic heterocycles. The van der Waals surface area contributed by atoms with E-state index in [9.17, 15) is 0 Å². The van der Waals surface area contributed by atoms with E-state index in [-0.39, 0.29) is 5.54 Å². The van der Waals surface area contributed by atoms with E-state index in [4.69, 9.17) is 10.5 Å². The Morgan fingerprint density at radius 1 is 1.27 bits per heavy atom. The van der Waals surface area contributed by atoms with Crippen molar-refractivity contribution in [2.45, 2.75) is 18.9 Å². The van der Waals surface area contributed by atoms with Crippen LogP contribution in [0.5, 0.6) is 5.75 Å². The molecule has 0 saturated heterocycles. The summed E-state index contributed by atoms with van der Waals surface area (Å²) in [7, 11) is 0. The summed E-state index contributed by atoms with van der Waals surface area (Å²) in [6, 6.07) is 9.75. The van der Waals surface area contributed by atoms with Crippen LogP contribution in [0.25, 0.3) is 0 Å². The molecule has 1 aliphatic rings. The predicted molar refractivity (Wildman–Crippen MR) is 61.5 cm³/mol. The quantitative estimate of drug-likeness (QED) is 0.798. The second-order valence-corrected chi connectivity index (χ2v) is 4.06. The van der Waals surface area contributed by atoms with E-state index < -0.39 is 0 Å². The molecular formula is C13H15NO. The largest absolute Gasteiger partial charge is 0.458 e. The topological polar surface area (TPSA) is 35.2 Å². The van der Waals surface area contributed by atoms with Crippen LogP contribution in [-0.4, -0.2) is 5.54 Å². The molecule has 0 spiro atoms. The van der Waals surface area contributed by atoms with Gasteiger partial charge < -0.3 is 10.5 Å². The van der Waals surface area contributed by atoms with Crippen LogP contribution in [0.3, 0.4) is 0 Å². The summed E-state index contributed by atoms with van der Waals surface area (Å²) in [5.74, 6) is 1.72. The molecule has 1 aliphatic carbocycles. The molecule has 0 fully saturated rings. The molecule has 0 unspecified atom stereocenters. The maximum Gasteiger partial charge on any atom is 0.127 e. The molecular weight excluding hydrogens is 186 g/mol.